The van der Waals surface area contributed by atoms with E-state index in [0.29, 0.717) is 17.1 Å². The van der Waals surface area contributed by atoms with Gasteiger partial charge >= 0.3 is 0 Å². The molecule has 0 saturated heterocycles. The molecule has 144 valence electrons. The molecule has 0 unspecified atom stereocenters. The van der Waals surface area contributed by atoms with Crippen LogP contribution in [0.1, 0.15) is 31.9 Å². The van der Waals surface area contributed by atoms with E-state index in [-0.39, 0.29) is 23.7 Å². The van der Waals surface area contributed by atoms with Gasteiger partial charge in [0, 0.05) is 0 Å². The molecule has 27 heavy (non-hydrogen) atoms. The van der Waals surface area contributed by atoms with E-state index in [1.165, 1.54) is 25.0 Å². The maximum absolute atomic E-state index is 11.9. The fourth-order valence-electron chi connectivity index (χ4n) is 2.21. The summed E-state index contributed by atoms with van der Waals surface area (Å²) in [6.45, 7) is 6.23. The Balaban J connectivity index is 1.89. The monoisotopic (exact) mass is 434 g/mol. The Bertz CT molecular complexity index is 844. The smallest absolute Gasteiger partial charge is 0.277 e. The van der Waals surface area contributed by atoms with Crippen molar-refractivity contribution in [3.63, 3.8) is 0 Å². The first kappa shape index (κ1) is 20.8. The van der Waals surface area contributed by atoms with Crippen molar-refractivity contribution in [2.24, 2.45) is 5.10 Å². The van der Waals surface area contributed by atoms with E-state index >= 15 is 0 Å². The van der Waals surface area contributed by atoms with Gasteiger partial charge in [-0.25, -0.2) is 5.43 Å². The number of carbonyl (C=O) groups is 1. The molecule has 0 saturated carbocycles. The molecule has 0 heterocycles. The van der Waals surface area contributed by atoms with E-state index in [1.54, 1.807) is 12.1 Å². The van der Waals surface area contributed by atoms with Crippen molar-refractivity contribution < 1.29 is 19.4 Å². The third kappa shape index (κ3) is 5.99. The van der Waals surface area contributed by atoms with Crippen LogP contribution in [0, 0.1) is 0 Å². The van der Waals surface area contributed by atoms with Gasteiger partial charge in [0.25, 0.3) is 5.91 Å². The molecule has 2 aromatic rings. The number of halogens is 1. The fraction of sp³-hybridized carbons (Fsp3) is 0.300. The van der Waals surface area contributed by atoms with Gasteiger partial charge in [0.1, 0.15) is 5.75 Å². The molecule has 0 atom stereocenters. The molecular weight excluding hydrogens is 412 g/mol. The van der Waals surface area contributed by atoms with Gasteiger partial charge in [0.05, 0.1) is 17.8 Å². The highest BCUT2D eigenvalue weighted by Crippen LogP contribution is 2.31. The number of hydrogen-bond donors (Lipinski definition) is 2. The zero-order valence-electron chi connectivity index (χ0n) is 15.7. The lowest BCUT2D eigenvalue weighted by Crippen LogP contribution is -2.24. The molecular formula is C20H23BrN2O4. The summed E-state index contributed by atoms with van der Waals surface area (Å²) in [4.78, 5) is 11.9. The molecule has 0 fully saturated rings. The number of benzene rings is 2. The zero-order valence-corrected chi connectivity index (χ0v) is 17.3. The molecule has 0 aromatic heterocycles. The van der Waals surface area contributed by atoms with Gasteiger partial charge in [-0.3, -0.25) is 4.79 Å². The number of hydrazone groups is 1. The SMILES string of the molecule is COc1cc(/C=N\NC(=O)COc2ccc(C(C)(C)C)cc2Br)ccc1O. The Morgan fingerprint density at radius 1 is 1.22 bits per heavy atom. The second kappa shape index (κ2) is 8.90. The van der Waals surface area contributed by atoms with Crippen LogP contribution >= 0.6 is 15.9 Å². The average Bonchev–Trinajstić information content (AvgIpc) is 2.61. The van der Waals surface area contributed by atoms with E-state index in [1.807, 2.05) is 18.2 Å². The number of amides is 1. The summed E-state index contributed by atoms with van der Waals surface area (Å²) < 4.78 is 11.3. The van der Waals surface area contributed by atoms with Crippen LogP contribution in [0.2, 0.25) is 0 Å². The van der Waals surface area contributed by atoms with Gasteiger partial charge in [0.15, 0.2) is 18.1 Å². The first-order chi connectivity index (χ1) is 12.7. The van der Waals surface area contributed by atoms with Crippen LogP contribution in [-0.2, 0) is 10.2 Å². The lowest BCUT2D eigenvalue weighted by Gasteiger charge is -2.20. The third-order valence-corrected chi connectivity index (χ3v) is 4.38. The van der Waals surface area contributed by atoms with E-state index in [0.717, 1.165) is 4.47 Å². The Hall–Kier alpha value is -2.54. The Kier molecular flexibility index (Phi) is 6.85. The van der Waals surface area contributed by atoms with Crippen LogP contribution in [0.4, 0.5) is 0 Å². The van der Waals surface area contributed by atoms with Crippen LogP contribution in [0.5, 0.6) is 17.2 Å². The minimum atomic E-state index is -0.385. The fourth-order valence-corrected chi connectivity index (χ4v) is 2.71. The van der Waals surface area contributed by atoms with Crippen LogP contribution < -0.4 is 14.9 Å². The summed E-state index contributed by atoms with van der Waals surface area (Å²) in [5.41, 5.74) is 4.27. The number of carbonyl (C=O) groups excluding carboxylic acids is 1. The van der Waals surface area contributed by atoms with E-state index < -0.39 is 0 Å². The Morgan fingerprint density at radius 3 is 2.59 bits per heavy atom. The molecule has 0 aliphatic heterocycles. The van der Waals surface area contributed by atoms with Crippen molar-refractivity contribution in [1.82, 2.24) is 5.43 Å². The molecule has 0 aliphatic carbocycles. The van der Waals surface area contributed by atoms with Crippen LogP contribution in [0.3, 0.4) is 0 Å². The number of methoxy groups -OCH3 is 1. The molecule has 0 aliphatic rings. The quantitative estimate of drug-likeness (QED) is 0.531. The highest BCUT2D eigenvalue weighted by Gasteiger charge is 2.15. The van der Waals surface area contributed by atoms with E-state index in [9.17, 15) is 9.90 Å². The third-order valence-electron chi connectivity index (χ3n) is 3.76. The second-order valence-electron chi connectivity index (χ2n) is 6.91. The average molecular weight is 435 g/mol. The summed E-state index contributed by atoms with van der Waals surface area (Å²) in [6, 6.07) is 10.6. The summed E-state index contributed by atoms with van der Waals surface area (Å²) in [5, 5.41) is 13.4. The number of phenolic OH excluding ortho intramolecular Hbond substituents is 1. The summed E-state index contributed by atoms with van der Waals surface area (Å²) in [6.07, 6.45) is 1.45. The standard InChI is InChI=1S/C20H23BrN2O4/c1-20(2,3)14-6-8-17(15(21)10-14)27-12-19(25)23-22-11-13-5-7-16(24)18(9-13)26-4/h5-11,24H,12H2,1-4H3,(H,23,25)/b22-11-. The number of hydrogen-bond acceptors (Lipinski definition) is 5. The lowest BCUT2D eigenvalue weighted by molar-refractivity contribution is -0.123. The van der Waals surface area contributed by atoms with Crippen molar-refractivity contribution in [1.29, 1.82) is 0 Å². The van der Waals surface area contributed by atoms with Crippen molar-refractivity contribution in [3.8, 4) is 17.2 Å². The van der Waals surface area contributed by atoms with Crippen molar-refractivity contribution in [2.75, 3.05) is 13.7 Å². The van der Waals surface area contributed by atoms with Crippen molar-refractivity contribution in [3.05, 3.63) is 52.0 Å². The number of aromatic hydroxyl groups is 1. The van der Waals surface area contributed by atoms with Gasteiger partial charge in [-0.1, -0.05) is 26.8 Å². The number of rotatable bonds is 6. The predicted octanol–water partition coefficient (Wildman–Crippen LogP) is 3.99. The van der Waals surface area contributed by atoms with Gasteiger partial charge in [-0.2, -0.15) is 5.10 Å². The molecule has 2 aromatic carbocycles. The second-order valence-corrected chi connectivity index (χ2v) is 7.76. The minimum absolute atomic E-state index is 0.0318. The maximum atomic E-state index is 11.9. The zero-order chi connectivity index (χ0) is 20.0. The van der Waals surface area contributed by atoms with Gasteiger partial charge in [0.2, 0.25) is 0 Å². The highest BCUT2D eigenvalue weighted by atomic mass is 79.9. The molecule has 7 heteroatoms. The summed E-state index contributed by atoms with van der Waals surface area (Å²) >= 11 is 3.47. The predicted molar refractivity (Wildman–Crippen MR) is 109 cm³/mol. The number of nitrogens with zero attached hydrogens (tertiary/aromatic N) is 1. The minimum Gasteiger partial charge on any atom is -0.504 e. The maximum Gasteiger partial charge on any atom is 0.277 e. The molecule has 1 amide bonds. The van der Waals surface area contributed by atoms with Crippen LogP contribution in [-0.4, -0.2) is 30.9 Å². The molecule has 0 spiro atoms. The Morgan fingerprint density at radius 2 is 1.96 bits per heavy atom. The van der Waals surface area contributed by atoms with Crippen LogP contribution in [0.15, 0.2) is 46.0 Å². The topological polar surface area (TPSA) is 80.2 Å². The van der Waals surface area contributed by atoms with E-state index in [2.05, 4.69) is 47.2 Å². The highest BCUT2D eigenvalue weighted by molar-refractivity contribution is 9.10. The van der Waals surface area contributed by atoms with Crippen molar-refractivity contribution in [2.45, 2.75) is 26.2 Å². The molecule has 2 N–H and O–H groups in total. The van der Waals surface area contributed by atoms with E-state index in [4.69, 9.17) is 9.47 Å². The summed E-state index contributed by atoms with van der Waals surface area (Å²) in [7, 11) is 1.46. The van der Waals surface area contributed by atoms with Gasteiger partial charge in [-0.15, -0.1) is 0 Å². The van der Waals surface area contributed by atoms with Gasteiger partial charge in [-0.05, 0) is 62.8 Å². The first-order valence-electron chi connectivity index (χ1n) is 8.32. The number of ether oxygens (including phenoxy) is 2. The molecule has 0 bridgehead atoms. The van der Waals surface area contributed by atoms with Gasteiger partial charge < -0.3 is 14.6 Å². The lowest BCUT2D eigenvalue weighted by atomic mass is 9.87. The number of nitrogens with one attached hydrogen (secondary N) is 1. The normalized spacial score (nSPS) is 11.4. The van der Waals surface area contributed by atoms with Crippen LogP contribution in [0.25, 0.3) is 0 Å². The first-order valence-corrected chi connectivity index (χ1v) is 9.11. The number of phenols is 1. The largest absolute Gasteiger partial charge is 0.504 e. The molecule has 0 radical (unpaired) electrons. The Labute approximate surface area is 167 Å². The molecule has 2 rings (SSSR count). The summed E-state index contributed by atoms with van der Waals surface area (Å²) in [5.74, 6) is 0.571. The molecule has 6 nitrogen and oxygen atoms in total. The van der Waals surface area contributed by atoms with Crippen molar-refractivity contribution >= 4 is 28.1 Å².